The number of nitrogens with zero attached hydrogens (tertiary/aromatic N) is 2. The van der Waals surface area contributed by atoms with Crippen molar-refractivity contribution in [3.63, 3.8) is 0 Å². The second-order valence-electron chi connectivity index (χ2n) is 5.04. The highest BCUT2D eigenvalue weighted by atomic mass is 35.5. The van der Waals surface area contributed by atoms with Gasteiger partial charge < -0.3 is 0 Å². The van der Waals surface area contributed by atoms with E-state index in [4.69, 9.17) is 34.8 Å². The zero-order valence-electron chi connectivity index (χ0n) is 13.1. The predicted molar refractivity (Wildman–Crippen MR) is 107 cm³/mol. The molecule has 140 valence electrons. The van der Waals surface area contributed by atoms with Gasteiger partial charge in [-0.2, -0.15) is 8.42 Å². The number of anilines is 2. The molecular formula is C15H9Cl3N4O3S2. The monoisotopic (exact) mass is 462 g/mol. The zero-order chi connectivity index (χ0) is 19.6. The number of hydrogen-bond donors (Lipinski definition) is 2. The third-order valence-corrected chi connectivity index (χ3v) is 6.61. The van der Waals surface area contributed by atoms with Crippen LogP contribution in [0, 0.1) is 0 Å². The second kappa shape index (κ2) is 7.99. The van der Waals surface area contributed by atoms with Crippen LogP contribution in [0.5, 0.6) is 0 Å². The summed E-state index contributed by atoms with van der Waals surface area (Å²) in [6.45, 7) is 0. The Balaban J connectivity index is 1.79. The molecule has 0 saturated carbocycles. The molecule has 0 aliphatic carbocycles. The van der Waals surface area contributed by atoms with Gasteiger partial charge in [-0.15, -0.1) is 10.2 Å². The van der Waals surface area contributed by atoms with Crippen molar-refractivity contribution in [1.29, 1.82) is 0 Å². The van der Waals surface area contributed by atoms with Crippen molar-refractivity contribution in [3.05, 3.63) is 63.1 Å². The van der Waals surface area contributed by atoms with Crippen LogP contribution in [0.1, 0.15) is 10.4 Å². The van der Waals surface area contributed by atoms with Gasteiger partial charge in [-0.05, 0) is 30.3 Å². The van der Waals surface area contributed by atoms with Crippen LogP contribution in [-0.2, 0) is 10.0 Å². The lowest BCUT2D eigenvalue weighted by Crippen LogP contribution is -2.13. The van der Waals surface area contributed by atoms with Crippen LogP contribution >= 0.6 is 46.1 Å². The Bertz CT molecular complexity index is 1120. The largest absolute Gasteiger partial charge is 0.296 e. The summed E-state index contributed by atoms with van der Waals surface area (Å²) in [6.07, 6.45) is 0. The average molecular weight is 464 g/mol. The van der Waals surface area contributed by atoms with Crippen LogP contribution < -0.4 is 10.0 Å². The summed E-state index contributed by atoms with van der Waals surface area (Å²) in [4.78, 5) is 12.2. The Labute approximate surface area is 173 Å². The molecule has 12 heteroatoms. The molecule has 0 aliphatic heterocycles. The van der Waals surface area contributed by atoms with E-state index in [2.05, 4.69) is 20.2 Å². The first-order valence-electron chi connectivity index (χ1n) is 7.13. The fourth-order valence-electron chi connectivity index (χ4n) is 1.94. The van der Waals surface area contributed by atoms with Gasteiger partial charge in [0.2, 0.25) is 5.13 Å². The minimum absolute atomic E-state index is 0.00233. The van der Waals surface area contributed by atoms with E-state index < -0.39 is 15.9 Å². The van der Waals surface area contributed by atoms with Gasteiger partial charge >= 0.3 is 0 Å². The molecule has 0 unspecified atom stereocenters. The first-order chi connectivity index (χ1) is 12.8. The molecule has 3 rings (SSSR count). The molecule has 0 aliphatic rings. The predicted octanol–water partition coefficient (Wildman–Crippen LogP) is 4.55. The fourth-order valence-corrected chi connectivity index (χ4v) is 4.52. The molecule has 1 amide bonds. The van der Waals surface area contributed by atoms with Crippen LogP contribution in [0.25, 0.3) is 0 Å². The van der Waals surface area contributed by atoms with Crippen molar-refractivity contribution in [2.75, 3.05) is 10.0 Å². The number of hydrogen-bond acceptors (Lipinski definition) is 6. The Morgan fingerprint density at radius 1 is 1.00 bits per heavy atom. The molecule has 2 N–H and O–H groups in total. The lowest BCUT2D eigenvalue weighted by atomic mass is 10.2. The van der Waals surface area contributed by atoms with E-state index in [-0.39, 0.29) is 30.8 Å². The molecule has 7 nitrogen and oxygen atoms in total. The number of nitrogens with one attached hydrogen (secondary N) is 2. The molecule has 27 heavy (non-hydrogen) atoms. The topological polar surface area (TPSA) is 101 Å². The molecule has 2 aromatic carbocycles. The molecular weight excluding hydrogens is 455 g/mol. The van der Waals surface area contributed by atoms with Crippen LogP contribution in [0.15, 0.2) is 46.8 Å². The first kappa shape index (κ1) is 19.8. The number of carbonyl (C=O) groups is 1. The Hall–Kier alpha value is -1.91. The SMILES string of the molecule is O=C(Nc1nnc(S(=O)(=O)Nc2cc(Cl)ccc2Cl)s1)c1ccccc1Cl. The summed E-state index contributed by atoms with van der Waals surface area (Å²) in [5.74, 6) is -0.536. The van der Waals surface area contributed by atoms with Crippen LogP contribution in [0.4, 0.5) is 10.8 Å². The van der Waals surface area contributed by atoms with Crippen molar-refractivity contribution in [1.82, 2.24) is 10.2 Å². The highest BCUT2D eigenvalue weighted by molar-refractivity contribution is 7.94. The van der Waals surface area contributed by atoms with Crippen molar-refractivity contribution in [3.8, 4) is 0 Å². The van der Waals surface area contributed by atoms with Crippen molar-refractivity contribution < 1.29 is 13.2 Å². The lowest BCUT2D eigenvalue weighted by Gasteiger charge is -2.07. The first-order valence-corrected chi connectivity index (χ1v) is 10.6. The third-order valence-electron chi connectivity index (χ3n) is 3.15. The normalized spacial score (nSPS) is 11.2. The Kier molecular flexibility index (Phi) is 5.87. The quantitative estimate of drug-likeness (QED) is 0.541. The van der Waals surface area contributed by atoms with Gasteiger partial charge in [-0.25, -0.2) is 0 Å². The molecule has 0 spiro atoms. The number of sulfonamides is 1. The number of aromatic nitrogens is 2. The van der Waals surface area contributed by atoms with E-state index in [0.717, 1.165) is 0 Å². The maximum absolute atomic E-state index is 12.4. The Morgan fingerprint density at radius 2 is 1.74 bits per heavy atom. The van der Waals surface area contributed by atoms with Crippen molar-refractivity contribution >= 4 is 72.9 Å². The number of amides is 1. The smallest absolute Gasteiger partial charge is 0.291 e. The lowest BCUT2D eigenvalue weighted by molar-refractivity contribution is 0.102. The average Bonchev–Trinajstić information content (AvgIpc) is 3.08. The van der Waals surface area contributed by atoms with Gasteiger partial charge in [-0.1, -0.05) is 58.3 Å². The molecule has 0 atom stereocenters. The van der Waals surface area contributed by atoms with E-state index in [1.165, 1.54) is 24.3 Å². The minimum atomic E-state index is -4.07. The van der Waals surface area contributed by atoms with Crippen LogP contribution in [0.2, 0.25) is 15.1 Å². The molecule has 1 aromatic heterocycles. The van der Waals surface area contributed by atoms with E-state index in [0.29, 0.717) is 16.4 Å². The number of rotatable bonds is 5. The van der Waals surface area contributed by atoms with Gasteiger partial charge in [0.15, 0.2) is 0 Å². The molecule has 1 heterocycles. The van der Waals surface area contributed by atoms with Gasteiger partial charge in [0.25, 0.3) is 20.3 Å². The maximum atomic E-state index is 12.4. The summed E-state index contributed by atoms with van der Waals surface area (Å²) in [6, 6.07) is 10.8. The number of carbonyl (C=O) groups excluding carboxylic acids is 1. The van der Waals surface area contributed by atoms with Crippen molar-refractivity contribution in [2.45, 2.75) is 4.34 Å². The van der Waals surface area contributed by atoms with Gasteiger partial charge in [0.05, 0.1) is 21.3 Å². The summed E-state index contributed by atoms with van der Waals surface area (Å²) in [5.41, 5.74) is 0.323. The summed E-state index contributed by atoms with van der Waals surface area (Å²) >= 11 is 18.4. The molecule has 0 saturated heterocycles. The highest BCUT2D eigenvalue weighted by Crippen LogP contribution is 2.29. The van der Waals surface area contributed by atoms with Crippen molar-refractivity contribution in [2.24, 2.45) is 0 Å². The summed E-state index contributed by atoms with van der Waals surface area (Å²) in [5, 5.41) is 10.5. The third kappa shape index (κ3) is 4.69. The van der Waals surface area contributed by atoms with E-state index in [1.54, 1.807) is 18.2 Å². The van der Waals surface area contributed by atoms with Gasteiger partial charge in [0, 0.05) is 5.02 Å². The van der Waals surface area contributed by atoms with Crippen LogP contribution in [-0.4, -0.2) is 24.5 Å². The zero-order valence-corrected chi connectivity index (χ0v) is 17.0. The Morgan fingerprint density at radius 3 is 2.48 bits per heavy atom. The standard InChI is InChI=1S/C15H9Cl3N4O3S2/c16-8-5-6-11(18)12(7-8)22-27(24,25)15-21-20-14(26-15)19-13(23)9-3-1-2-4-10(9)17/h1-7,22H,(H,19,20,23). The summed E-state index contributed by atoms with van der Waals surface area (Å²) < 4.78 is 26.8. The molecule has 0 radical (unpaired) electrons. The van der Waals surface area contributed by atoms with Crippen LogP contribution in [0.3, 0.4) is 0 Å². The molecule has 0 bridgehead atoms. The molecule has 0 fully saturated rings. The van der Waals surface area contributed by atoms with Gasteiger partial charge in [-0.3, -0.25) is 14.8 Å². The van der Waals surface area contributed by atoms with Gasteiger partial charge in [0.1, 0.15) is 0 Å². The fraction of sp³-hybridized carbons (Fsp3) is 0. The van der Waals surface area contributed by atoms with E-state index in [1.807, 2.05) is 0 Å². The molecule has 3 aromatic rings. The number of benzene rings is 2. The van der Waals surface area contributed by atoms with E-state index >= 15 is 0 Å². The summed E-state index contributed by atoms with van der Waals surface area (Å²) in [7, 11) is -4.07. The maximum Gasteiger partial charge on any atom is 0.291 e. The minimum Gasteiger partial charge on any atom is -0.296 e. The number of halogens is 3. The highest BCUT2D eigenvalue weighted by Gasteiger charge is 2.22. The van der Waals surface area contributed by atoms with E-state index in [9.17, 15) is 13.2 Å². The second-order valence-corrected chi connectivity index (χ2v) is 9.12.